The second-order valence-electron chi connectivity index (χ2n) is 5.90. The SMILES string of the molecule is CC1(CNC(=O)c2ccc3c(c2)NCC3)CCC1. The normalized spacial score (nSPS) is 19.6. The largest absolute Gasteiger partial charge is 0.384 e. The third-order valence-corrected chi connectivity index (χ3v) is 4.32. The first-order valence-corrected chi connectivity index (χ1v) is 6.81. The van der Waals surface area contributed by atoms with Gasteiger partial charge in [0, 0.05) is 24.3 Å². The molecule has 96 valence electrons. The van der Waals surface area contributed by atoms with Gasteiger partial charge in [-0.15, -0.1) is 0 Å². The van der Waals surface area contributed by atoms with E-state index in [1.165, 1.54) is 24.8 Å². The lowest BCUT2D eigenvalue weighted by Gasteiger charge is -2.38. The molecule has 1 amide bonds. The molecule has 3 nitrogen and oxygen atoms in total. The molecule has 1 aromatic rings. The van der Waals surface area contributed by atoms with Crippen molar-refractivity contribution in [2.45, 2.75) is 32.6 Å². The van der Waals surface area contributed by atoms with Crippen LogP contribution >= 0.6 is 0 Å². The molecule has 0 saturated heterocycles. The van der Waals surface area contributed by atoms with Gasteiger partial charge in [-0.05, 0) is 42.4 Å². The summed E-state index contributed by atoms with van der Waals surface area (Å²) >= 11 is 0. The van der Waals surface area contributed by atoms with Crippen molar-refractivity contribution in [1.29, 1.82) is 0 Å². The standard InChI is InChI=1S/C15H20N2O/c1-15(6-2-7-15)10-17-14(18)12-4-3-11-5-8-16-13(11)9-12/h3-4,9,16H,2,5-8,10H2,1H3,(H,17,18). The number of nitrogens with one attached hydrogen (secondary N) is 2. The Morgan fingerprint density at radius 1 is 1.44 bits per heavy atom. The third kappa shape index (κ3) is 2.09. The van der Waals surface area contributed by atoms with Crippen LogP contribution in [0.2, 0.25) is 0 Å². The quantitative estimate of drug-likeness (QED) is 0.858. The monoisotopic (exact) mass is 244 g/mol. The molecule has 1 aliphatic heterocycles. The van der Waals surface area contributed by atoms with E-state index in [-0.39, 0.29) is 5.91 Å². The van der Waals surface area contributed by atoms with Crippen molar-refractivity contribution < 1.29 is 4.79 Å². The summed E-state index contributed by atoms with van der Waals surface area (Å²) in [6.07, 6.45) is 4.84. The Balaban J connectivity index is 1.65. The number of amides is 1. The lowest BCUT2D eigenvalue weighted by atomic mass is 9.70. The molecule has 3 rings (SSSR count). The number of rotatable bonds is 3. The van der Waals surface area contributed by atoms with Gasteiger partial charge in [-0.25, -0.2) is 0 Å². The predicted octanol–water partition coefficient (Wildman–Crippen LogP) is 2.57. The van der Waals surface area contributed by atoms with Crippen molar-refractivity contribution >= 4 is 11.6 Å². The van der Waals surface area contributed by atoms with Crippen LogP contribution in [0.3, 0.4) is 0 Å². The van der Waals surface area contributed by atoms with E-state index in [0.29, 0.717) is 5.41 Å². The average molecular weight is 244 g/mol. The van der Waals surface area contributed by atoms with E-state index in [9.17, 15) is 4.79 Å². The van der Waals surface area contributed by atoms with E-state index in [4.69, 9.17) is 0 Å². The van der Waals surface area contributed by atoms with Crippen molar-refractivity contribution in [3.63, 3.8) is 0 Å². The summed E-state index contributed by atoms with van der Waals surface area (Å²) in [6, 6.07) is 5.97. The fourth-order valence-corrected chi connectivity index (χ4v) is 2.78. The summed E-state index contributed by atoms with van der Waals surface area (Å²) < 4.78 is 0. The summed E-state index contributed by atoms with van der Waals surface area (Å²) in [5, 5.41) is 6.38. The maximum Gasteiger partial charge on any atom is 0.251 e. The van der Waals surface area contributed by atoms with Gasteiger partial charge in [-0.3, -0.25) is 4.79 Å². The van der Waals surface area contributed by atoms with Gasteiger partial charge in [0.15, 0.2) is 0 Å². The van der Waals surface area contributed by atoms with Crippen molar-refractivity contribution in [1.82, 2.24) is 5.32 Å². The Morgan fingerprint density at radius 3 is 3.00 bits per heavy atom. The van der Waals surface area contributed by atoms with Gasteiger partial charge >= 0.3 is 0 Å². The number of benzene rings is 1. The van der Waals surface area contributed by atoms with E-state index in [0.717, 1.165) is 30.8 Å². The van der Waals surface area contributed by atoms with E-state index >= 15 is 0 Å². The minimum absolute atomic E-state index is 0.0552. The second-order valence-corrected chi connectivity index (χ2v) is 5.90. The molecule has 2 N–H and O–H groups in total. The molecule has 0 aromatic heterocycles. The highest BCUT2D eigenvalue weighted by molar-refractivity contribution is 5.95. The van der Waals surface area contributed by atoms with E-state index in [2.05, 4.69) is 23.6 Å². The Bertz CT molecular complexity index is 477. The van der Waals surface area contributed by atoms with Crippen LogP contribution in [0, 0.1) is 5.41 Å². The number of hydrogen-bond donors (Lipinski definition) is 2. The van der Waals surface area contributed by atoms with Crippen LogP contribution in [0.1, 0.15) is 42.1 Å². The zero-order valence-electron chi connectivity index (χ0n) is 10.9. The van der Waals surface area contributed by atoms with Gasteiger partial charge in [0.05, 0.1) is 0 Å². The molecule has 1 heterocycles. The molecule has 1 aromatic carbocycles. The minimum atomic E-state index is 0.0552. The number of fused-ring (bicyclic) bond motifs is 1. The summed E-state index contributed by atoms with van der Waals surface area (Å²) in [7, 11) is 0. The van der Waals surface area contributed by atoms with Crippen LogP contribution in [0.4, 0.5) is 5.69 Å². The Kier molecular flexibility index (Phi) is 2.77. The topological polar surface area (TPSA) is 41.1 Å². The van der Waals surface area contributed by atoms with Crippen molar-refractivity contribution in [2.75, 3.05) is 18.4 Å². The second kappa shape index (κ2) is 4.30. The molecular weight excluding hydrogens is 224 g/mol. The Labute approximate surface area is 108 Å². The highest BCUT2D eigenvalue weighted by atomic mass is 16.1. The van der Waals surface area contributed by atoms with E-state index in [1.807, 2.05) is 12.1 Å². The van der Waals surface area contributed by atoms with Crippen molar-refractivity contribution in [3.8, 4) is 0 Å². The molecule has 0 radical (unpaired) electrons. The van der Waals surface area contributed by atoms with E-state index in [1.54, 1.807) is 0 Å². The molecule has 0 unspecified atom stereocenters. The summed E-state index contributed by atoms with van der Waals surface area (Å²) in [6.45, 7) is 4.04. The molecule has 0 atom stereocenters. The highest BCUT2D eigenvalue weighted by Crippen LogP contribution is 2.39. The van der Waals surface area contributed by atoms with Crippen LogP contribution in [0.25, 0.3) is 0 Å². The third-order valence-electron chi connectivity index (χ3n) is 4.32. The van der Waals surface area contributed by atoms with Gasteiger partial charge < -0.3 is 10.6 Å². The summed E-state index contributed by atoms with van der Waals surface area (Å²) in [4.78, 5) is 12.1. The first-order chi connectivity index (χ1) is 8.66. The molecule has 3 heteroatoms. The number of carbonyl (C=O) groups is 1. The van der Waals surface area contributed by atoms with Crippen molar-refractivity contribution in [3.05, 3.63) is 29.3 Å². The zero-order valence-corrected chi connectivity index (χ0v) is 10.9. The fraction of sp³-hybridized carbons (Fsp3) is 0.533. The van der Waals surface area contributed by atoms with Gasteiger partial charge in [0.25, 0.3) is 5.91 Å². The minimum Gasteiger partial charge on any atom is -0.384 e. The van der Waals surface area contributed by atoms with Crippen LogP contribution < -0.4 is 10.6 Å². The van der Waals surface area contributed by atoms with Crippen LogP contribution in [0.15, 0.2) is 18.2 Å². The number of anilines is 1. The van der Waals surface area contributed by atoms with Crippen LogP contribution in [0.5, 0.6) is 0 Å². The van der Waals surface area contributed by atoms with Gasteiger partial charge in [0.2, 0.25) is 0 Å². The Morgan fingerprint density at radius 2 is 2.28 bits per heavy atom. The molecule has 18 heavy (non-hydrogen) atoms. The number of hydrogen-bond acceptors (Lipinski definition) is 2. The molecule has 1 aliphatic carbocycles. The van der Waals surface area contributed by atoms with Gasteiger partial charge in [0.1, 0.15) is 0 Å². The molecule has 1 saturated carbocycles. The molecule has 1 fully saturated rings. The summed E-state index contributed by atoms with van der Waals surface area (Å²) in [5.41, 5.74) is 3.55. The summed E-state index contributed by atoms with van der Waals surface area (Å²) in [5.74, 6) is 0.0552. The van der Waals surface area contributed by atoms with E-state index < -0.39 is 0 Å². The van der Waals surface area contributed by atoms with Crippen LogP contribution in [-0.4, -0.2) is 19.0 Å². The number of carbonyl (C=O) groups excluding carboxylic acids is 1. The lowest BCUT2D eigenvalue weighted by molar-refractivity contribution is 0.0891. The smallest absolute Gasteiger partial charge is 0.251 e. The van der Waals surface area contributed by atoms with Crippen molar-refractivity contribution in [2.24, 2.45) is 5.41 Å². The first-order valence-electron chi connectivity index (χ1n) is 6.81. The molecule has 0 bridgehead atoms. The molecule has 0 spiro atoms. The zero-order chi connectivity index (χ0) is 12.6. The first kappa shape index (κ1) is 11.6. The molecular formula is C15H20N2O. The average Bonchev–Trinajstić information content (AvgIpc) is 2.80. The fourth-order valence-electron chi connectivity index (χ4n) is 2.78. The predicted molar refractivity (Wildman–Crippen MR) is 72.9 cm³/mol. The maximum atomic E-state index is 12.1. The Hall–Kier alpha value is -1.51. The van der Waals surface area contributed by atoms with Gasteiger partial charge in [-0.1, -0.05) is 19.4 Å². The maximum absolute atomic E-state index is 12.1. The molecule has 2 aliphatic rings. The van der Waals surface area contributed by atoms with Gasteiger partial charge in [-0.2, -0.15) is 0 Å². The highest BCUT2D eigenvalue weighted by Gasteiger charge is 2.31. The lowest BCUT2D eigenvalue weighted by Crippen LogP contribution is -2.39. The van der Waals surface area contributed by atoms with Crippen LogP contribution in [-0.2, 0) is 6.42 Å².